The first kappa shape index (κ1) is 21.3. The summed E-state index contributed by atoms with van der Waals surface area (Å²) in [6, 6.07) is 5.82. The summed E-state index contributed by atoms with van der Waals surface area (Å²) in [7, 11) is 0. The van der Waals surface area contributed by atoms with Gasteiger partial charge in [-0.1, -0.05) is 29.3 Å². The SMILES string of the molecule is O=C(c1ccn(COc2cccc(Cl)c2Cl)n1)N1N=C(C(F)F)CC1(O)C(F)F. The Morgan fingerprint density at radius 3 is 2.66 bits per heavy atom. The maximum Gasteiger partial charge on any atom is 0.297 e. The van der Waals surface area contributed by atoms with Crippen LogP contribution in [-0.2, 0) is 6.73 Å². The summed E-state index contributed by atoms with van der Waals surface area (Å²) in [6.45, 7) is -0.224. The fourth-order valence-corrected chi connectivity index (χ4v) is 2.84. The molecular weight excluding hydrogens is 443 g/mol. The van der Waals surface area contributed by atoms with Gasteiger partial charge in [0.25, 0.3) is 18.8 Å². The molecule has 0 spiro atoms. The van der Waals surface area contributed by atoms with Crippen LogP contribution in [0.1, 0.15) is 16.9 Å². The number of aromatic nitrogens is 2. The zero-order valence-electron chi connectivity index (χ0n) is 14.3. The topological polar surface area (TPSA) is 80.0 Å². The van der Waals surface area contributed by atoms with Crippen molar-refractivity contribution in [2.75, 3.05) is 0 Å². The first-order valence-corrected chi connectivity index (χ1v) is 8.70. The van der Waals surface area contributed by atoms with E-state index in [4.69, 9.17) is 27.9 Å². The van der Waals surface area contributed by atoms with Crippen molar-refractivity contribution in [2.45, 2.75) is 31.7 Å². The molecule has 1 aliphatic heterocycles. The second-order valence-corrected chi connectivity index (χ2v) is 6.72. The average Bonchev–Trinajstić information content (AvgIpc) is 3.28. The molecule has 7 nitrogen and oxygen atoms in total. The van der Waals surface area contributed by atoms with Gasteiger partial charge in [0, 0.05) is 12.6 Å². The van der Waals surface area contributed by atoms with Crippen molar-refractivity contribution < 1.29 is 32.2 Å². The number of hydrazone groups is 1. The van der Waals surface area contributed by atoms with E-state index in [1.807, 2.05) is 0 Å². The third-order valence-corrected chi connectivity index (χ3v) is 4.76. The molecule has 29 heavy (non-hydrogen) atoms. The van der Waals surface area contributed by atoms with Gasteiger partial charge in [-0.05, 0) is 18.2 Å². The van der Waals surface area contributed by atoms with E-state index in [9.17, 15) is 27.5 Å². The predicted octanol–water partition coefficient (Wildman–Crippen LogP) is 3.65. The molecule has 1 aromatic carbocycles. The molecule has 0 radical (unpaired) electrons. The lowest BCUT2D eigenvalue weighted by atomic mass is 10.1. The quantitative estimate of drug-likeness (QED) is 0.675. The highest BCUT2D eigenvalue weighted by atomic mass is 35.5. The maximum atomic E-state index is 13.2. The van der Waals surface area contributed by atoms with Gasteiger partial charge >= 0.3 is 0 Å². The van der Waals surface area contributed by atoms with Gasteiger partial charge in [-0.15, -0.1) is 0 Å². The van der Waals surface area contributed by atoms with Crippen molar-refractivity contribution in [2.24, 2.45) is 5.10 Å². The molecule has 1 aliphatic rings. The van der Waals surface area contributed by atoms with Crippen molar-refractivity contribution in [3.8, 4) is 5.75 Å². The average molecular weight is 455 g/mol. The van der Waals surface area contributed by atoms with Gasteiger partial charge in [0.1, 0.15) is 16.5 Å². The van der Waals surface area contributed by atoms with Gasteiger partial charge in [-0.3, -0.25) is 4.79 Å². The Labute approximate surface area is 171 Å². The van der Waals surface area contributed by atoms with Crippen LogP contribution in [0.3, 0.4) is 0 Å². The van der Waals surface area contributed by atoms with Crippen molar-refractivity contribution in [3.05, 3.63) is 46.2 Å². The van der Waals surface area contributed by atoms with Crippen molar-refractivity contribution in [1.82, 2.24) is 14.8 Å². The third kappa shape index (κ3) is 4.16. The van der Waals surface area contributed by atoms with E-state index in [0.717, 1.165) is 10.7 Å². The van der Waals surface area contributed by atoms with E-state index in [2.05, 4.69) is 10.2 Å². The minimum atomic E-state index is -3.53. The second-order valence-electron chi connectivity index (χ2n) is 5.93. The number of alkyl halides is 4. The van der Waals surface area contributed by atoms with Crippen LogP contribution >= 0.6 is 23.2 Å². The monoisotopic (exact) mass is 454 g/mol. The van der Waals surface area contributed by atoms with Crippen LogP contribution in [0.5, 0.6) is 5.75 Å². The summed E-state index contributed by atoms with van der Waals surface area (Å²) >= 11 is 11.8. The molecule has 1 N–H and O–H groups in total. The van der Waals surface area contributed by atoms with E-state index in [0.29, 0.717) is 0 Å². The third-order valence-electron chi connectivity index (χ3n) is 3.96. The normalized spacial score (nSPS) is 19.2. The zero-order chi connectivity index (χ0) is 21.3. The molecule has 1 unspecified atom stereocenters. The fraction of sp³-hybridized carbons (Fsp3) is 0.312. The molecular formula is C16H12Cl2F4N4O3. The molecule has 0 bridgehead atoms. The number of benzene rings is 1. The number of amides is 1. The molecule has 2 aromatic rings. The lowest BCUT2D eigenvalue weighted by Crippen LogP contribution is -2.51. The van der Waals surface area contributed by atoms with Gasteiger partial charge < -0.3 is 9.84 Å². The molecule has 0 saturated carbocycles. The van der Waals surface area contributed by atoms with Gasteiger partial charge in [-0.2, -0.15) is 15.2 Å². The highest BCUT2D eigenvalue weighted by Crippen LogP contribution is 2.34. The number of hydrogen-bond donors (Lipinski definition) is 1. The molecule has 2 heterocycles. The number of aliphatic hydroxyl groups is 1. The lowest BCUT2D eigenvalue weighted by Gasteiger charge is -2.29. The minimum Gasteiger partial charge on any atom is -0.470 e. The van der Waals surface area contributed by atoms with Gasteiger partial charge in [0.15, 0.2) is 12.4 Å². The van der Waals surface area contributed by atoms with Crippen LogP contribution in [0.25, 0.3) is 0 Å². The Bertz CT molecular complexity index is 956. The summed E-state index contributed by atoms with van der Waals surface area (Å²) in [4.78, 5) is 12.4. The minimum absolute atomic E-state index is 0.0689. The van der Waals surface area contributed by atoms with E-state index < -0.39 is 42.3 Å². The van der Waals surface area contributed by atoms with Crippen molar-refractivity contribution in [3.63, 3.8) is 0 Å². The molecule has 1 atom stereocenters. The summed E-state index contributed by atoms with van der Waals surface area (Å²) in [5.41, 5.74) is -4.62. The van der Waals surface area contributed by atoms with Gasteiger partial charge in [0.2, 0.25) is 5.72 Å². The van der Waals surface area contributed by atoms with Gasteiger partial charge in [0.05, 0.1) is 5.02 Å². The van der Waals surface area contributed by atoms with E-state index in [1.54, 1.807) is 12.1 Å². The first-order chi connectivity index (χ1) is 13.6. The largest absolute Gasteiger partial charge is 0.470 e. The van der Waals surface area contributed by atoms with Crippen LogP contribution in [0.2, 0.25) is 10.0 Å². The second kappa shape index (κ2) is 8.17. The van der Waals surface area contributed by atoms with E-state index in [1.165, 1.54) is 12.3 Å². The number of carbonyl (C=O) groups is 1. The Kier molecular flexibility index (Phi) is 6.01. The summed E-state index contributed by atoms with van der Waals surface area (Å²) in [5.74, 6) is -1.04. The fourth-order valence-electron chi connectivity index (χ4n) is 2.49. The van der Waals surface area contributed by atoms with Gasteiger partial charge in [-0.25, -0.2) is 22.2 Å². The highest BCUT2D eigenvalue weighted by molar-refractivity contribution is 6.42. The lowest BCUT2D eigenvalue weighted by molar-refractivity contribution is -0.164. The van der Waals surface area contributed by atoms with Crippen LogP contribution in [0.4, 0.5) is 17.6 Å². The highest BCUT2D eigenvalue weighted by Gasteiger charge is 2.53. The smallest absolute Gasteiger partial charge is 0.297 e. The molecule has 1 amide bonds. The van der Waals surface area contributed by atoms with E-state index >= 15 is 0 Å². The van der Waals surface area contributed by atoms with Crippen molar-refractivity contribution in [1.29, 1.82) is 0 Å². The standard InChI is InChI=1S/C16H12Cl2F4N4O3/c17-8-2-1-3-11(12(8)18)29-7-25-5-4-9(23-25)14(27)26-16(28,15(21)22)6-10(24-26)13(19)20/h1-5,13,15,28H,6-7H2. The number of ether oxygens (including phenoxy) is 1. The first-order valence-electron chi connectivity index (χ1n) is 7.94. The Balaban J connectivity index is 1.77. The maximum absolute atomic E-state index is 13.2. The molecule has 3 rings (SSSR count). The van der Waals surface area contributed by atoms with Crippen LogP contribution < -0.4 is 4.74 Å². The molecule has 1 aromatic heterocycles. The number of hydrogen-bond acceptors (Lipinski definition) is 5. The zero-order valence-corrected chi connectivity index (χ0v) is 15.8. The molecule has 0 fully saturated rings. The summed E-state index contributed by atoms with van der Waals surface area (Å²) < 4.78 is 58.7. The van der Waals surface area contributed by atoms with Crippen LogP contribution in [-0.4, -0.2) is 50.1 Å². The Hall–Kier alpha value is -2.37. The summed E-state index contributed by atoms with van der Waals surface area (Å²) in [6.07, 6.45) is -6.63. The van der Waals surface area contributed by atoms with Crippen LogP contribution in [0.15, 0.2) is 35.6 Å². The molecule has 156 valence electrons. The number of nitrogens with zero attached hydrogens (tertiary/aromatic N) is 4. The Morgan fingerprint density at radius 2 is 2.00 bits per heavy atom. The van der Waals surface area contributed by atoms with Crippen LogP contribution in [0, 0.1) is 0 Å². The molecule has 0 saturated heterocycles. The molecule has 0 aliphatic carbocycles. The molecule has 13 heteroatoms. The van der Waals surface area contributed by atoms with E-state index in [-0.39, 0.29) is 27.5 Å². The number of rotatable bonds is 6. The van der Waals surface area contributed by atoms with Crippen molar-refractivity contribution >= 4 is 34.8 Å². The number of carbonyl (C=O) groups excluding carboxylic acids is 1. The predicted molar refractivity (Wildman–Crippen MR) is 94.5 cm³/mol. The number of halogens is 6. The summed E-state index contributed by atoms with van der Waals surface area (Å²) in [5, 5.41) is 17.4. The Morgan fingerprint density at radius 1 is 1.28 bits per heavy atom.